The molecule has 0 unspecified atom stereocenters. The molecular formula is C22H33N3O3. The van der Waals surface area contributed by atoms with Crippen molar-refractivity contribution in [3.05, 3.63) is 35.7 Å². The Kier molecular flexibility index (Phi) is 7.71. The van der Waals surface area contributed by atoms with Crippen molar-refractivity contribution < 1.29 is 14.3 Å². The second-order valence-corrected chi connectivity index (χ2v) is 7.92. The van der Waals surface area contributed by atoms with E-state index in [1.54, 1.807) is 18.5 Å². The second-order valence-electron chi connectivity index (χ2n) is 7.92. The zero-order valence-electron chi connectivity index (χ0n) is 16.8. The predicted octanol–water partition coefficient (Wildman–Crippen LogP) is 3.33. The summed E-state index contributed by atoms with van der Waals surface area (Å²) in [5.74, 6) is -0.0260. The molecule has 28 heavy (non-hydrogen) atoms. The van der Waals surface area contributed by atoms with Crippen molar-refractivity contribution in [3.63, 3.8) is 0 Å². The molecule has 0 aliphatic heterocycles. The third-order valence-electron chi connectivity index (χ3n) is 5.75. The number of hydrogen-bond acceptors (Lipinski definition) is 3. The van der Waals surface area contributed by atoms with Gasteiger partial charge in [-0.2, -0.15) is 0 Å². The van der Waals surface area contributed by atoms with Crippen LogP contribution < -0.4 is 10.6 Å². The molecule has 0 bridgehead atoms. The fourth-order valence-electron chi connectivity index (χ4n) is 4.11. The Morgan fingerprint density at radius 3 is 2.89 bits per heavy atom. The lowest BCUT2D eigenvalue weighted by atomic mass is 9.83. The maximum absolute atomic E-state index is 12.7. The molecule has 6 nitrogen and oxygen atoms in total. The van der Waals surface area contributed by atoms with Crippen LogP contribution >= 0.6 is 0 Å². The van der Waals surface area contributed by atoms with E-state index in [1.165, 1.54) is 18.4 Å². The Bertz CT molecular complexity index is 669. The van der Waals surface area contributed by atoms with Gasteiger partial charge < -0.3 is 20.4 Å². The molecule has 2 amide bonds. The number of carbonyl (C=O) groups excluding carboxylic acids is 2. The van der Waals surface area contributed by atoms with E-state index in [0.29, 0.717) is 25.1 Å². The Morgan fingerprint density at radius 2 is 2.18 bits per heavy atom. The van der Waals surface area contributed by atoms with Gasteiger partial charge in [-0.3, -0.25) is 9.59 Å². The monoisotopic (exact) mass is 387 g/mol. The predicted molar refractivity (Wildman–Crippen MR) is 109 cm³/mol. The standard InChI is InChI=1S/C22H33N3O3/c1-2-12-28-20-13-17(21(26)24-14-16-6-4-3-5-7-16)8-9-19(20)25-22(27)18-10-11-23-15-18/h6,10-11,15,17,19-20,23H,2-5,7-9,12-14H2,1H3,(H,24,26)(H,25,27)/t17-,19+,20+/m0/s1. The zero-order valence-corrected chi connectivity index (χ0v) is 16.8. The second kappa shape index (κ2) is 10.5. The van der Waals surface area contributed by atoms with Gasteiger partial charge in [-0.1, -0.05) is 18.6 Å². The molecule has 2 aliphatic carbocycles. The number of nitrogens with one attached hydrogen (secondary N) is 3. The van der Waals surface area contributed by atoms with E-state index in [4.69, 9.17) is 4.74 Å². The molecule has 3 rings (SSSR count). The fraction of sp³-hybridized carbons (Fsp3) is 0.636. The SMILES string of the molecule is CCCO[C@@H]1C[C@@H](C(=O)NCC2=CCCCC2)CC[C@H]1NC(=O)c1cc[nH]c1. The lowest BCUT2D eigenvalue weighted by Gasteiger charge is -2.36. The van der Waals surface area contributed by atoms with Gasteiger partial charge in [-0.15, -0.1) is 0 Å². The summed E-state index contributed by atoms with van der Waals surface area (Å²) in [7, 11) is 0. The third kappa shape index (κ3) is 5.71. The summed E-state index contributed by atoms with van der Waals surface area (Å²) in [6.45, 7) is 3.38. The lowest BCUT2D eigenvalue weighted by molar-refractivity contribution is -0.128. The van der Waals surface area contributed by atoms with Crippen molar-refractivity contribution >= 4 is 11.8 Å². The highest BCUT2D eigenvalue weighted by atomic mass is 16.5. The lowest BCUT2D eigenvalue weighted by Crippen LogP contribution is -2.50. The van der Waals surface area contributed by atoms with Gasteiger partial charge in [0.2, 0.25) is 5.91 Å². The van der Waals surface area contributed by atoms with E-state index in [-0.39, 0.29) is 29.9 Å². The highest BCUT2D eigenvalue weighted by Gasteiger charge is 2.35. The molecule has 1 saturated carbocycles. The minimum Gasteiger partial charge on any atom is -0.376 e. The van der Waals surface area contributed by atoms with Crippen molar-refractivity contribution in [3.8, 4) is 0 Å². The fourth-order valence-corrected chi connectivity index (χ4v) is 4.11. The van der Waals surface area contributed by atoms with Gasteiger partial charge in [0.1, 0.15) is 0 Å². The van der Waals surface area contributed by atoms with Crippen molar-refractivity contribution in [1.29, 1.82) is 0 Å². The largest absolute Gasteiger partial charge is 0.376 e. The number of hydrogen-bond donors (Lipinski definition) is 3. The van der Waals surface area contributed by atoms with E-state index in [0.717, 1.165) is 32.1 Å². The summed E-state index contributed by atoms with van der Waals surface area (Å²) < 4.78 is 6.02. The molecule has 6 heteroatoms. The molecule has 0 aromatic carbocycles. The average Bonchev–Trinajstić information content (AvgIpc) is 3.27. The van der Waals surface area contributed by atoms with Gasteiger partial charge >= 0.3 is 0 Å². The summed E-state index contributed by atoms with van der Waals surface area (Å²) >= 11 is 0. The molecule has 1 aromatic rings. The van der Waals surface area contributed by atoms with Crippen LogP contribution in [0.2, 0.25) is 0 Å². The highest BCUT2D eigenvalue weighted by molar-refractivity contribution is 5.94. The molecule has 0 radical (unpaired) electrons. The van der Waals surface area contributed by atoms with E-state index < -0.39 is 0 Å². The summed E-state index contributed by atoms with van der Waals surface area (Å²) in [6.07, 6.45) is 13.4. The maximum atomic E-state index is 12.7. The van der Waals surface area contributed by atoms with Crippen LogP contribution in [-0.2, 0) is 9.53 Å². The van der Waals surface area contributed by atoms with Gasteiger partial charge in [0.25, 0.3) is 5.91 Å². The third-order valence-corrected chi connectivity index (χ3v) is 5.75. The summed E-state index contributed by atoms with van der Waals surface area (Å²) in [5.41, 5.74) is 1.97. The van der Waals surface area contributed by atoms with Crippen molar-refractivity contribution in [1.82, 2.24) is 15.6 Å². The molecule has 0 saturated heterocycles. The van der Waals surface area contributed by atoms with E-state index in [2.05, 4.69) is 28.6 Å². The normalized spacial score (nSPS) is 25.0. The van der Waals surface area contributed by atoms with Gasteiger partial charge in [0, 0.05) is 31.5 Å². The number of H-pyrrole nitrogens is 1. The highest BCUT2D eigenvalue weighted by Crippen LogP contribution is 2.28. The average molecular weight is 388 g/mol. The van der Waals surface area contributed by atoms with Crippen LogP contribution in [0.15, 0.2) is 30.1 Å². The number of ether oxygens (including phenoxy) is 1. The Labute approximate surface area is 167 Å². The first-order valence-corrected chi connectivity index (χ1v) is 10.7. The quantitative estimate of drug-likeness (QED) is 0.598. The van der Waals surface area contributed by atoms with E-state index >= 15 is 0 Å². The van der Waals surface area contributed by atoms with Crippen molar-refractivity contribution in [2.45, 2.75) is 70.4 Å². The van der Waals surface area contributed by atoms with Gasteiger partial charge in [-0.25, -0.2) is 0 Å². The molecule has 1 fully saturated rings. The molecule has 0 spiro atoms. The summed E-state index contributed by atoms with van der Waals surface area (Å²) in [4.78, 5) is 28.0. The van der Waals surface area contributed by atoms with Crippen LogP contribution in [0.4, 0.5) is 0 Å². The Hall–Kier alpha value is -2.08. The number of aromatic nitrogens is 1. The Balaban J connectivity index is 1.53. The molecule has 1 aromatic heterocycles. The summed E-state index contributed by atoms with van der Waals surface area (Å²) in [5, 5.41) is 6.22. The van der Waals surface area contributed by atoms with Gasteiger partial charge in [-0.05, 0) is 57.4 Å². The zero-order chi connectivity index (χ0) is 19.8. The van der Waals surface area contributed by atoms with Gasteiger partial charge in [0.05, 0.1) is 17.7 Å². The molecule has 1 heterocycles. The molecule has 154 valence electrons. The molecule has 3 N–H and O–H groups in total. The first kappa shape index (κ1) is 20.6. The van der Waals surface area contributed by atoms with Crippen molar-refractivity contribution in [2.75, 3.05) is 13.2 Å². The van der Waals surface area contributed by atoms with E-state index in [9.17, 15) is 9.59 Å². The number of carbonyl (C=O) groups is 2. The van der Waals surface area contributed by atoms with Crippen LogP contribution in [0.1, 0.15) is 68.6 Å². The van der Waals surface area contributed by atoms with Crippen LogP contribution in [-0.4, -0.2) is 42.1 Å². The first-order valence-electron chi connectivity index (χ1n) is 10.7. The van der Waals surface area contributed by atoms with E-state index in [1.807, 2.05) is 0 Å². The topological polar surface area (TPSA) is 83.2 Å². The number of rotatable bonds is 8. The molecule has 3 atom stereocenters. The van der Waals surface area contributed by atoms with Crippen LogP contribution in [0, 0.1) is 5.92 Å². The van der Waals surface area contributed by atoms with Crippen LogP contribution in [0.25, 0.3) is 0 Å². The summed E-state index contributed by atoms with van der Waals surface area (Å²) in [6, 6.07) is 1.70. The number of amides is 2. The minimum absolute atomic E-state index is 0.0496. The smallest absolute Gasteiger partial charge is 0.253 e. The number of allylic oxidation sites excluding steroid dienone is 1. The first-order chi connectivity index (χ1) is 13.7. The van der Waals surface area contributed by atoms with Crippen molar-refractivity contribution in [2.24, 2.45) is 5.92 Å². The Morgan fingerprint density at radius 1 is 1.29 bits per heavy atom. The maximum Gasteiger partial charge on any atom is 0.253 e. The molecular weight excluding hydrogens is 354 g/mol. The number of aromatic amines is 1. The molecule has 2 aliphatic rings. The minimum atomic E-state index is -0.124. The van der Waals surface area contributed by atoms with Gasteiger partial charge in [0.15, 0.2) is 0 Å². The van der Waals surface area contributed by atoms with Crippen LogP contribution in [0.3, 0.4) is 0 Å². The van der Waals surface area contributed by atoms with Crippen LogP contribution in [0.5, 0.6) is 0 Å².